The molecule has 0 fully saturated rings. The Morgan fingerprint density at radius 3 is 2.74 bits per heavy atom. The number of aromatic nitrogens is 2. The molecule has 3 heteroatoms. The summed E-state index contributed by atoms with van der Waals surface area (Å²) in [4.78, 5) is 7.97. The van der Waals surface area contributed by atoms with Crippen LogP contribution in [0.25, 0.3) is 11.0 Å². The Labute approximate surface area is 115 Å². The van der Waals surface area contributed by atoms with Gasteiger partial charge in [0.2, 0.25) is 0 Å². The third-order valence-electron chi connectivity index (χ3n) is 3.79. The molecule has 0 aliphatic rings. The zero-order valence-corrected chi connectivity index (χ0v) is 12.1. The smallest absolute Gasteiger partial charge is 0.107 e. The van der Waals surface area contributed by atoms with Crippen LogP contribution in [0.1, 0.15) is 38.9 Å². The van der Waals surface area contributed by atoms with Crippen LogP contribution >= 0.6 is 0 Å². The van der Waals surface area contributed by atoms with Crippen LogP contribution in [-0.2, 0) is 6.42 Å². The van der Waals surface area contributed by atoms with Gasteiger partial charge >= 0.3 is 0 Å². The summed E-state index contributed by atoms with van der Waals surface area (Å²) in [5.74, 6) is 1.93. The van der Waals surface area contributed by atoms with E-state index in [9.17, 15) is 0 Å². The van der Waals surface area contributed by atoms with E-state index in [1.165, 1.54) is 12.8 Å². The molecule has 0 spiro atoms. The van der Waals surface area contributed by atoms with Crippen molar-refractivity contribution in [3.8, 4) is 0 Å². The number of para-hydroxylation sites is 2. The number of imidazole rings is 1. The minimum Gasteiger partial charge on any atom is -0.342 e. The van der Waals surface area contributed by atoms with Gasteiger partial charge in [-0.05, 0) is 37.6 Å². The first-order valence-corrected chi connectivity index (χ1v) is 7.47. The van der Waals surface area contributed by atoms with E-state index < -0.39 is 0 Å². The molecule has 3 nitrogen and oxygen atoms in total. The number of aromatic amines is 1. The molecule has 0 bridgehead atoms. The molecule has 2 aromatic rings. The number of benzene rings is 1. The van der Waals surface area contributed by atoms with Crippen LogP contribution in [0.4, 0.5) is 0 Å². The van der Waals surface area contributed by atoms with Crippen molar-refractivity contribution in [2.24, 2.45) is 5.92 Å². The molecule has 2 rings (SSSR count). The Morgan fingerprint density at radius 2 is 2.00 bits per heavy atom. The highest BCUT2D eigenvalue weighted by Gasteiger charge is 2.03. The predicted octanol–water partition coefficient (Wildman–Crippen LogP) is 3.52. The lowest BCUT2D eigenvalue weighted by molar-refractivity contribution is 0.447. The molecular weight excluding hydrogens is 234 g/mol. The summed E-state index contributed by atoms with van der Waals surface area (Å²) >= 11 is 0. The van der Waals surface area contributed by atoms with E-state index in [1.807, 2.05) is 12.1 Å². The maximum atomic E-state index is 4.59. The Bertz CT molecular complexity index is 452. The fourth-order valence-electron chi connectivity index (χ4n) is 2.39. The van der Waals surface area contributed by atoms with Crippen molar-refractivity contribution >= 4 is 11.0 Å². The molecule has 104 valence electrons. The molecule has 0 amide bonds. The molecule has 0 saturated carbocycles. The summed E-state index contributed by atoms with van der Waals surface area (Å²) in [6.07, 6.45) is 4.70. The molecule has 1 aromatic carbocycles. The summed E-state index contributed by atoms with van der Waals surface area (Å²) < 4.78 is 0. The summed E-state index contributed by atoms with van der Waals surface area (Å²) in [5.41, 5.74) is 2.21. The summed E-state index contributed by atoms with van der Waals surface area (Å²) in [6.45, 7) is 6.76. The van der Waals surface area contributed by atoms with Gasteiger partial charge in [-0.1, -0.05) is 38.8 Å². The topological polar surface area (TPSA) is 40.7 Å². The first-order valence-electron chi connectivity index (χ1n) is 7.47. The van der Waals surface area contributed by atoms with Crippen LogP contribution in [0.3, 0.4) is 0 Å². The van der Waals surface area contributed by atoms with Gasteiger partial charge in [-0.3, -0.25) is 0 Å². The lowest BCUT2D eigenvalue weighted by Gasteiger charge is -2.12. The van der Waals surface area contributed by atoms with Crippen molar-refractivity contribution in [1.29, 1.82) is 0 Å². The van der Waals surface area contributed by atoms with Gasteiger partial charge in [-0.25, -0.2) is 4.98 Å². The SMILES string of the molecule is CCC(CC)CNCCCc1nc2ccccc2[nH]1. The average Bonchev–Trinajstić information content (AvgIpc) is 2.85. The first-order chi connectivity index (χ1) is 9.33. The maximum absolute atomic E-state index is 4.59. The third kappa shape index (κ3) is 4.06. The van der Waals surface area contributed by atoms with Gasteiger partial charge in [-0.15, -0.1) is 0 Å². The highest BCUT2D eigenvalue weighted by Crippen LogP contribution is 2.11. The molecule has 0 saturated heterocycles. The molecule has 1 aromatic heterocycles. The van der Waals surface area contributed by atoms with Crippen molar-refractivity contribution in [3.63, 3.8) is 0 Å². The molecular formula is C16H25N3. The van der Waals surface area contributed by atoms with Crippen LogP contribution in [-0.4, -0.2) is 23.1 Å². The van der Waals surface area contributed by atoms with Gasteiger partial charge < -0.3 is 10.3 Å². The van der Waals surface area contributed by atoms with Crippen molar-refractivity contribution in [1.82, 2.24) is 15.3 Å². The Balaban J connectivity index is 1.71. The van der Waals surface area contributed by atoms with Crippen molar-refractivity contribution < 1.29 is 0 Å². The average molecular weight is 259 g/mol. The fraction of sp³-hybridized carbons (Fsp3) is 0.562. The van der Waals surface area contributed by atoms with Gasteiger partial charge in [0, 0.05) is 6.42 Å². The van der Waals surface area contributed by atoms with Crippen LogP contribution in [0.5, 0.6) is 0 Å². The van der Waals surface area contributed by atoms with Crippen LogP contribution in [0.2, 0.25) is 0 Å². The maximum Gasteiger partial charge on any atom is 0.107 e. The van der Waals surface area contributed by atoms with Gasteiger partial charge in [0.1, 0.15) is 5.82 Å². The quantitative estimate of drug-likeness (QED) is 0.712. The first kappa shape index (κ1) is 14.1. The van der Waals surface area contributed by atoms with Gasteiger partial charge in [0.05, 0.1) is 11.0 Å². The molecule has 19 heavy (non-hydrogen) atoms. The van der Waals surface area contributed by atoms with E-state index in [0.29, 0.717) is 0 Å². The predicted molar refractivity (Wildman–Crippen MR) is 81.4 cm³/mol. The molecule has 0 radical (unpaired) electrons. The minimum atomic E-state index is 0.825. The second-order valence-electron chi connectivity index (χ2n) is 5.19. The largest absolute Gasteiger partial charge is 0.342 e. The van der Waals surface area contributed by atoms with Crippen LogP contribution in [0.15, 0.2) is 24.3 Å². The van der Waals surface area contributed by atoms with Crippen molar-refractivity contribution in [2.45, 2.75) is 39.5 Å². The second-order valence-corrected chi connectivity index (χ2v) is 5.19. The molecule has 0 aliphatic heterocycles. The number of nitrogens with one attached hydrogen (secondary N) is 2. The third-order valence-corrected chi connectivity index (χ3v) is 3.79. The number of rotatable bonds is 8. The highest BCUT2D eigenvalue weighted by atomic mass is 14.9. The number of H-pyrrole nitrogens is 1. The molecule has 2 N–H and O–H groups in total. The lowest BCUT2D eigenvalue weighted by Crippen LogP contribution is -2.23. The minimum absolute atomic E-state index is 0.825. The van der Waals surface area contributed by atoms with Gasteiger partial charge in [0.25, 0.3) is 0 Å². The van der Waals surface area contributed by atoms with Crippen LogP contribution < -0.4 is 5.32 Å². The van der Waals surface area contributed by atoms with Gasteiger partial charge in [-0.2, -0.15) is 0 Å². The summed E-state index contributed by atoms with van der Waals surface area (Å²) in [5, 5.41) is 3.55. The summed E-state index contributed by atoms with van der Waals surface area (Å²) in [7, 11) is 0. The zero-order chi connectivity index (χ0) is 13.5. The van der Waals surface area contributed by atoms with E-state index in [0.717, 1.165) is 48.7 Å². The Hall–Kier alpha value is -1.35. The van der Waals surface area contributed by atoms with E-state index >= 15 is 0 Å². The number of nitrogens with zero attached hydrogens (tertiary/aromatic N) is 1. The Morgan fingerprint density at radius 1 is 1.21 bits per heavy atom. The highest BCUT2D eigenvalue weighted by molar-refractivity contribution is 5.74. The van der Waals surface area contributed by atoms with E-state index in [-0.39, 0.29) is 0 Å². The molecule has 0 atom stereocenters. The van der Waals surface area contributed by atoms with Crippen LogP contribution in [0, 0.1) is 5.92 Å². The van der Waals surface area contributed by atoms with Crippen molar-refractivity contribution in [3.05, 3.63) is 30.1 Å². The van der Waals surface area contributed by atoms with E-state index in [1.54, 1.807) is 0 Å². The number of hydrogen-bond acceptors (Lipinski definition) is 2. The standard InChI is InChI=1S/C16H25N3/c1-3-13(4-2)12-17-11-7-10-16-18-14-8-5-6-9-15(14)19-16/h5-6,8-9,13,17H,3-4,7,10-12H2,1-2H3,(H,18,19). The zero-order valence-electron chi connectivity index (χ0n) is 12.1. The second kappa shape index (κ2) is 7.29. The number of aryl methyl sites for hydroxylation is 1. The normalized spacial score (nSPS) is 11.5. The Kier molecular flexibility index (Phi) is 5.40. The van der Waals surface area contributed by atoms with E-state index in [2.05, 4.69) is 41.3 Å². The summed E-state index contributed by atoms with van der Waals surface area (Å²) in [6, 6.07) is 8.21. The number of fused-ring (bicyclic) bond motifs is 1. The molecule has 0 aliphatic carbocycles. The monoisotopic (exact) mass is 259 g/mol. The molecule has 1 heterocycles. The van der Waals surface area contributed by atoms with Gasteiger partial charge in [0.15, 0.2) is 0 Å². The molecule has 0 unspecified atom stereocenters. The fourth-order valence-corrected chi connectivity index (χ4v) is 2.39. The van der Waals surface area contributed by atoms with E-state index in [4.69, 9.17) is 0 Å². The lowest BCUT2D eigenvalue weighted by atomic mass is 10.0. The number of hydrogen-bond donors (Lipinski definition) is 2. The van der Waals surface area contributed by atoms with Crippen molar-refractivity contribution in [2.75, 3.05) is 13.1 Å².